The Bertz CT molecular complexity index is 1420. The normalized spacial score (nSPS) is 11.9. The first-order chi connectivity index (χ1) is 16.2. The zero-order chi connectivity index (χ0) is 24.6. The maximum atomic E-state index is 13.5. The highest BCUT2D eigenvalue weighted by Crippen LogP contribution is 2.38. The van der Waals surface area contributed by atoms with Crippen molar-refractivity contribution in [3.63, 3.8) is 0 Å². The number of hydrogen-bond acceptors (Lipinski definition) is 4. The molecule has 1 unspecified atom stereocenters. The van der Waals surface area contributed by atoms with Crippen LogP contribution in [0.4, 0.5) is 0 Å². The molecule has 3 aromatic carbocycles. The van der Waals surface area contributed by atoms with Crippen molar-refractivity contribution in [3.8, 4) is 5.75 Å². The van der Waals surface area contributed by atoms with E-state index in [2.05, 4.69) is 0 Å². The summed E-state index contributed by atoms with van der Waals surface area (Å²) in [5.74, 6) is -2.60. The summed E-state index contributed by atoms with van der Waals surface area (Å²) in [6.45, 7) is 1.71. The summed E-state index contributed by atoms with van der Waals surface area (Å²) in [5, 5.41) is 11.3. The predicted molar refractivity (Wildman–Crippen MR) is 129 cm³/mol. The molecule has 0 aliphatic rings. The second-order valence-corrected chi connectivity index (χ2v) is 8.22. The Balaban J connectivity index is 1.97. The first-order valence-electron chi connectivity index (χ1n) is 10.3. The van der Waals surface area contributed by atoms with Gasteiger partial charge in [0.05, 0.1) is 12.6 Å². The Morgan fingerprint density at radius 1 is 0.971 bits per heavy atom. The summed E-state index contributed by atoms with van der Waals surface area (Å²) in [6, 6.07) is 17.8. The van der Waals surface area contributed by atoms with E-state index in [4.69, 9.17) is 22.1 Å². The van der Waals surface area contributed by atoms with Crippen LogP contribution in [0.5, 0.6) is 5.75 Å². The Labute approximate surface area is 200 Å². The summed E-state index contributed by atoms with van der Waals surface area (Å²) in [6.07, 6.45) is 0. The minimum Gasteiger partial charge on any atom is -0.497 e. The highest BCUT2D eigenvalue weighted by atomic mass is 35.5. The molecule has 1 aromatic heterocycles. The third-order valence-corrected chi connectivity index (χ3v) is 6.07. The first-order valence-corrected chi connectivity index (χ1v) is 10.7. The van der Waals surface area contributed by atoms with Gasteiger partial charge in [-0.25, -0.2) is 0 Å². The van der Waals surface area contributed by atoms with E-state index in [9.17, 15) is 19.5 Å². The van der Waals surface area contributed by atoms with E-state index in [1.807, 2.05) is 0 Å². The predicted octanol–water partition coefficient (Wildman–Crippen LogP) is 4.62. The number of primary amides is 1. The van der Waals surface area contributed by atoms with Crippen molar-refractivity contribution in [2.75, 3.05) is 7.11 Å². The van der Waals surface area contributed by atoms with Gasteiger partial charge in [0, 0.05) is 27.2 Å². The molecule has 1 atom stereocenters. The second-order valence-electron chi connectivity index (χ2n) is 7.79. The molecular formula is C26H21ClN2O5. The van der Waals surface area contributed by atoms with E-state index >= 15 is 0 Å². The number of ether oxygens (including phenoxy) is 1. The van der Waals surface area contributed by atoms with Gasteiger partial charge < -0.3 is 15.6 Å². The number of carbonyl (C=O) groups excluding carboxylic acids is 2. The second kappa shape index (κ2) is 9.03. The number of nitrogens with two attached hydrogens (primary N) is 1. The Morgan fingerprint density at radius 2 is 1.59 bits per heavy atom. The van der Waals surface area contributed by atoms with Crippen LogP contribution in [-0.2, 0) is 4.79 Å². The van der Waals surface area contributed by atoms with Crippen molar-refractivity contribution >= 4 is 40.3 Å². The lowest BCUT2D eigenvalue weighted by atomic mass is 9.88. The third kappa shape index (κ3) is 4.02. The number of amides is 1. The fourth-order valence-electron chi connectivity index (χ4n) is 4.17. The van der Waals surface area contributed by atoms with Crippen LogP contribution in [0, 0.1) is 6.92 Å². The monoisotopic (exact) mass is 476 g/mol. The molecule has 0 saturated carbocycles. The van der Waals surface area contributed by atoms with Crippen LogP contribution in [0.1, 0.15) is 43.5 Å². The van der Waals surface area contributed by atoms with Crippen molar-refractivity contribution < 1.29 is 24.2 Å². The number of nitrogens with zero attached hydrogens (tertiary/aromatic N) is 1. The van der Waals surface area contributed by atoms with Crippen LogP contribution in [0.15, 0.2) is 66.7 Å². The lowest BCUT2D eigenvalue weighted by Gasteiger charge is -2.15. The van der Waals surface area contributed by atoms with Gasteiger partial charge in [-0.15, -0.1) is 0 Å². The summed E-state index contributed by atoms with van der Waals surface area (Å²) < 4.78 is 6.87. The molecule has 7 nitrogen and oxygen atoms in total. The molecule has 1 amide bonds. The van der Waals surface area contributed by atoms with Gasteiger partial charge in [0.2, 0.25) is 5.91 Å². The van der Waals surface area contributed by atoms with Gasteiger partial charge in [-0.2, -0.15) is 0 Å². The van der Waals surface area contributed by atoms with E-state index in [0.717, 1.165) is 0 Å². The van der Waals surface area contributed by atoms with Crippen LogP contribution in [0.3, 0.4) is 0 Å². The largest absolute Gasteiger partial charge is 0.497 e. The summed E-state index contributed by atoms with van der Waals surface area (Å²) in [7, 11) is 1.51. The zero-order valence-electron chi connectivity index (χ0n) is 18.4. The highest BCUT2D eigenvalue weighted by molar-refractivity contribution is 6.30. The Kier molecular flexibility index (Phi) is 6.13. The van der Waals surface area contributed by atoms with Gasteiger partial charge in [0.15, 0.2) is 0 Å². The number of rotatable bonds is 6. The van der Waals surface area contributed by atoms with Crippen molar-refractivity contribution in [3.05, 3.63) is 99.7 Å². The third-order valence-electron chi connectivity index (χ3n) is 5.82. The molecule has 4 rings (SSSR count). The maximum absolute atomic E-state index is 13.5. The number of benzene rings is 3. The molecule has 0 radical (unpaired) electrons. The van der Waals surface area contributed by atoms with Crippen LogP contribution in [0.25, 0.3) is 10.9 Å². The van der Waals surface area contributed by atoms with Crippen molar-refractivity contribution in [2.24, 2.45) is 5.73 Å². The molecule has 172 valence electrons. The SMILES string of the molecule is COc1ccc2c(c1)c(C(C(=O)O)c1ccc(C(N)=O)cc1)c(C)n2C(=O)c1ccc(Cl)cc1. The van der Waals surface area contributed by atoms with Gasteiger partial charge in [-0.05, 0) is 72.6 Å². The molecule has 3 N–H and O–H groups in total. The van der Waals surface area contributed by atoms with Crippen molar-refractivity contribution in [1.82, 2.24) is 4.57 Å². The molecule has 34 heavy (non-hydrogen) atoms. The molecule has 0 saturated heterocycles. The fraction of sp³-hybridized carbons (Fsp3) is 0.115. The maximum Gasteiger partial charge on any atom is 0.315 e. The van der Waals surface area contributed by atoms with E-state index in [0.29, 0.717) is 44.1 Å². The van der Waals surface area contributed by atoms with Crippen LogP contribution in [-0.4, -0.2) is 34.6 Å². The minimum atomic E-state index is -1.10. The first kappa shape index (κ1) is 23.1. The molecule has 0 bridgehead atoms. The molecule has 0 spiro atoms. The van der Waals surface area contributed by atoms with Crippen molar-refractivity contribution in [1.29, 1.82) is 0 Å². The molecule has 4 aromatic rings. The summed E-state index contributed by atoms with van der Waals surface area (Å²) >= 11 is 5.97. The molecular weight excluding hydrogens is 456 g/mol. The minimum absolute atomic E-state index is 0.270. The Hall–Kier alpha value is -4.10. The van der Waals surface area contributed by atoms with E-state index in [1.54, 1.807) is 61.5 Å². The zero-order valence-corrected chi connectivity index (χ0v) is 19.2. The average molecular weight is 477 g/mol. The van der Waals surface area contributed by atoms with Gasteiger partial charge in [-0.1, -0.05) is 23.7 Å². The topological polar surface area (TPSA) is 112 Å². The number of halogens is 1. The molecule has 0 aliphatic carbocycles. The number of aliphatic carboxylic acids is 1. The molecule has 8 heteroatoms. The standard InChI is InChI=1S/C26H21ClN2O5/c1-14-22(23(26(32)33)15-3-5-16(6-4-15)24(28)30)20-13-19(34-2)11-12-21(20)29(14)25(31)17-7-9-18(27)10-8-17/h3-13,23H,1-2H3,(H2,28,30)(H,32,33). The number of carboxylic acids is 1. The summed E-state index contributed by atoms with van der Waals surface area (Å²) in [5.41, 5.74) is 7.93. The smallest absolute Gasteiger partial charge is 0.315 e. The van der Waals surface area contributed by atoms with Gasteiger partial charge in [-0.3, -0.25) is 19.0 Å². The van der Waals surface area contributed by atoms with Gasteiger partial charge in [0.1, 0.15) is 11.7 Å². The highest BCUT2D eigenvalue weighted by Gasteiger charge is 2.31. The number of aromatic nitrogens is 1. The van der Waals surface area contributed by atoms with E-state index < -0.39 is 17.8 Å². The fourth-order valence-corrected chi connectivity index (χ4v) is 4.30. The quantitative estimate of drug-likeness (QED) is 0.422. The van der Waals surface area contributed by atoms with E-state index in [1.165, 1.54) is 23.8 Å². The van der Waals surface area contributed by atoms with Crippen LogP contribution >= 0.6 is 11.6 Å². The number of fused-ring (bicyclic) bond motifs is 1. The van der Waals surface area contributed by atoms with Crippen LogP contribution in [0.2, 0.25) is 5.02 Å². The van der Waals surface area contributed by atoms with E-state index in [-0.39, 0.29) is 11.5 Å². The average Bonchev–Trinajstić information content (AvgIpc) is 3.10. The van der Waals surface area contributed by atoms with Gasteiger partial charge in [0.25, 0.3) is 5.91 Å². The number of methoxy groups -OCH3 is 1. The number of carbonyl (C=O) groups is 3. The molecule has 1 heterocycles. The number of carboxylic acid groups (broad SMARTS) is 1. The lowest BCUT2D eigenvalue weighted by molar-refractivity contribution is -0.137. The summed E-state index contributed by atoms with van der Waals surface area (Å²) in [4.78, 5) is 37.5. The molecule has 0 fully saturated rings. The number of hydrogen-bond donors (Lipinski definition) is 2. The Morgan fingerprint density at radius 3 is 2.15 bits per heavy atom. The van der Waals surface area contributed by atoms with Crippen molar-refractivity contribution in [2.45, 2.75) is 12.8 Å². The molecule has 0 aliphatic heterocycles. The van der Waals surface area contributed by atoms with Gasteiger partial charge >= 0.3 is 5.97 Å². The van der Waals surface area contributed by atoms with Crippen LogP contribution < -0.4 is 10.5 Å². The lowest BCUT2D eigenvalue weighted by Crippen LogP contribution is -2.17.